The molecule has 0 saturated carbocycles. The van der Waals surface area contributed by atoms with Crippen LogP contribution in [0.4, 0.5) is 10.3 Å². The van der Waals surface area contributed by atoms with E-state index in [0.717, 1.165) is 68.4 Å². The Kier molecular flexibility index (Phi) is 15.3. The number of nitrogens with two attached hydrogens (primary N) is 1. The first-order chi connectivity index (χ1) is 30.9. The van der Waals surface area contributed by atoms with Crippen LogP contribution in [0.1, 0.15) is 114 Å². The molecule has 0 aliphatic carbocycles. The third-order valence-electron chi connectivity index (χ3n) is 9.61. The summed E-state index contributed by atoms with van der Waals surface area (Å²) >= 11 is 1.50. The van der Waals surface area contributed by atoms with Crippen molar-refractivity contribution in [3.8, 4) is 23.3 Å². The van der Waals surface area contributed by atoms with Crippen LogP contribution in [0.3, 0.4) is 0 Å². The Morgan fingerprint density at radius 2 is 0.970 bits per heavy atom. The number of hydrogen-bond donors (Lipinski definition) is 4. The zero-order valence-electron chi connectivity index (χ0n) is 39.4. The molecule has 67 heavy (non-hydrogen) atoms. The molecule has 0 fully saturated rings. The lowest BCUT2D eigenvalue weighted by Gasteiger charge is -2.21. The minimum Gasteiger partial charge on any atom is -0.438 e. The van der Waals surface area contributed by atoms with Gasteiger partial charge in [0.05, 0.1) is 12.4 Å². The minimum absolute atomic E-state index is 0.00145. The second kappa shape index (κ2) is 19.9. The van der Waals surface area contributed by atoms with E-state index in [1.807, 2.05) is 112 Å². The topological polar surface area (TPSA) is 252 Å². The number of aromatic nitrogens is 4. The van der Waals surface area contributed by atoms with Crippen molar-refractivity contribution in [3.05, 3.63) is 117 Å². The first-order valence-electron chi connectivity index (χ1n) is 20.6. The summed E-state index contributed by atoms with van der Waals surface area (Å²) in [4.78, 5) is 54.0. The number of sulfonamides is 2. The van der Waals surface area contributed by atoms with Gasteiger partial charge in [0.1, 0.15) is 22.6 Å². The van der Waals surface area contributed by atoms with Crippen LogP contribution in [-0.2, 0) is 35.7 Å². The van der Waals surface area contributed by atoms with Gasteiger partial charge in [0, 0.05) is 29.1 Å². The monoisotopic (exact) mass is 990 g/mol. The molecule has 356 valence electrons. The SMILES string of the molecule is CC(=O)Nc1ncc(S(=O)(=O)NC(=O)c2ccc(C(C)(C)C)nc2Oc2c(C)cc(C)cc2C)s1.Cc1cc(C)c(Oc2nc(C(C)(C)C)ccc2C(=O)NS(=O)(=O)c2cnc(N)s2)c(C)c1. The number of nitrogens with one attached hydrogen (secondary N) is 3. The van der Waals surface area contributed by atoms with Crippen LogP contribution >= 0.6 is 22.7 Å². The summed E-state index contributed by atoms with van der Waals surface area (Å²) in [6.07, 6.45) is 2.18. The lowest BCUT2D eigenvalue weighted by atomic mass is 9.91. The number of benzene rings is 2. The van der Waals surface area contributed by atoms with Gasteiger partial charge in [-0.15, -0.1) is 0 Å². The standard InChI is InChI=1S/C24H28N4O5S2.C22H26N4O4S2/c1-13-10-14(2)20(15(3)11-13)33-22-17(8-9-18(27-22)24(5,6)7)21(30)28-35(31,32)19-12-25-23(34-19)26-16(4)29;1-12-9-13(2)18(14(3)10-12)30-20-15(7-8-16(25-20)22(4,5)6)19(27)26-32(28,29)17-11-24-21(23)31-17/h8-12H,1-7H3,(H,28,30)(H,25,26,29);7-11H,1-6H3,(H2,23,24)(H,26,27). The summed E-state index contributed by atoms with van der Waals surface area (Å²) in [6.45, 7) is 24.7. The molecule has 6 aromatic rings. The van der Waals surface area contributed by atoms with Crippen LogP contribution in [0.25, 0.3) is 0 Å². The average molecular weight is 991 g/mol. The lowest BCUT2D eigenvalue weighted by Crippen LogP contribution is -2.30. The molecule has 4 heterocycles. The van der Waals surface area contributed by atoms with Crippen molar-refractivity contribution in [1.29, 1.82) is 0 Å². The second-order valence-electron chi connectivity index (χ2n) is 17.8. The molecule has 0 spiro atoms. The van der Waals surface area contributed by atoms with Crippen molar-refractivity contribution in [2.24, 2.45) is 0 Å². The van der Waals surface area contributed by atoms with Crippen LogP contribution in [0, 0.1) is 41.5 Å². The molecule has 6 rings (SSSR count). The van der Waals surface area contributed by atoms with Gasteiger partial charge in [0.15, 0.2) is 18.7 Å². The van der Waals surface area contributed by atoms with Gasteiger partial charge in [-0.1, -0.05) is 99.6 Å². The molecule has 2 aromatic carbocycles. The molecule has 0 unspecified atom stereocenters. The summed E-state index contributed by atoms with van der Waals surface area (Å²) in [6, 6.07) is 14.2. The molecule has 21 heteroatoms. The van der Waals surface area contributed by atoms with E-state index in [-0.39, 0.29) is 58.3 Å². The van der Waals surface area contributed by atoms with E-state index in [1.54, 1.807) is 12.1 Å². The molecule has 0 aliphatic heterocycles. The van der Waals surface area contributed by atoms with E-state index < -0.39 is 31.9 Å². The number of thiazole rings is 2. The molecule has 3 amide bonds. The Labute approximate surface area is 399 Å². The highest BCUT2D eigenvalue weighted by Crippen LogP contribution is 2.35. The average Bonchev–Trinajstić information content (AvgIpc) is 3.86. The predicted octanol–water partition coefficient (Wildman–Crippen LogP) is 8.88. The first-order valence-corrected chi connectivity index (χ1v) is 25.2. The van der Waals surface area contributed by atoms with Gasteiger partial charge in [0.25, 0.3) is 31.9 Å². The zero-order valence-corrected chi connectivity index (χ0v) is 42.7. The van der Waals surface area contributed by atoms with Gasteiger partial charge >= 0.3 is 0 Å². The summed E-state index contributed by atoms with van der Waals surface area (Å²) < 4.78 is 66.8. The molecule has 4 aromatic heterocycles. The van der Waals surface area contributed by atoms with Crippen molar-refractivity contribution in [2.45, 2.75) is 109 Å². The molecule has 0 aliphatic rings. The summed E-state index contributed by atoms with van der Waals surface area (Å²) in [5.41, 5.74) is 11.8. The van der Waals surface area contributed by atoms with Gasteiger partial charge in [-0.25, -0.2) is 46.2 Å². The molecular formula is C46H54N8O9S4. The van der Waals surface area contributed by atoms with Gasteiger partial charge in [-0.2, -0.15) is 0 Å². The number of amides is 3. The Morgan fingerprint density at radius 3 is 1.31 bits per heavy atom. The van der Waals surface area contributed by atoms with E-state index in [2.05, 4.69) is 30.0 Å². The maximum Gasteiger partial charge on any atom is 0.275 e. The van der Waals surface area contributed by atoms with Gasteiger partial charge in [0.2, 0.25) is 17.7 Å². The van der Waals surface area contributed by atoms with E-state index in [0.29, 0.717) is 22.9 Å². The van der Waals surface area contributed by atoms with E-state index in [9.17, 15) is 31.2 Å². The van der Waals surface area contributed by atoms with Crippen molar-refractivity contribution in [2.75, 3.05) is 11.1 Å². The number of carbonyl (C=O) groups is 3. The molecule has 17 nitrogen and oxygen atoms in total. The number of carbonyl (C=O) groups excluding carboxylic acids is 3. The number of hydrogen-bond acceptors (Lipinski definition) is 16. The Bertz CT molecular complexity index is 3070. The van der Waals surface area contributed by atoms with E-state index >= 15 is 0 Å². The zero-order chi connectivity index (χ0) is 50.0. The Balaban J connectivity index is 0.000000252. The number of aryl methyl sites for hydroxylation is 6. The maximum absolute atomic E-state index is 13.1. The number of pyridine rings is 2. The second-order valence-corrected chi connectivity index (χ2v) is 23.7. The molecule has 0 bridgehead atoms. The fourth-order valence-corrected chi connectivity index (χ4v) is 10.4. The molecule has 0 radical (unpaired) electrons. The highest BCUT2D eigenvalue weighted by atomic mass is 32.3. The highest BCUT2D eigenvalue weighted by molar-refractivity contribution is 7.92. The number of anilines is 2. The largest absolute Gasteiger partial charge is 0.438 e. The smallest absolute Gasteiger partial charge is 0.275 e. The quantitative estimate of drug-likeness (QED) is 0.0946. The van der Waals surface area contributed by atoms with Crippen molar-refractivity contribution < 1.29 is 40.7 Å². The molecular weight excluding hydrogens is 937 g/mol. The minimum atomic E-state index is -4.25. The van der Waals surface area contributed by atoms with Crippen LogP contribution in [-0.4, -0.2) is 54.5 Å². The molecule has 0 saturated heterocycles. The van der Waals surface area contributed by atoms with Crippen LogP contribution in [0.2, 0.25) is 0 Å². The fourth-order valence-electron chi connectivity index (χ4n) is 6.51. The molecule has 5 N–H and O–H groups in total. The maximum atomic E-state index is 13.1. The Hall–Kier alpha value is -6.29. The third-order valence-corrected chi connectivity index (χ3v) is 14.9. The van der Waals surface area contributed by atoms with Crippen LogP contribution in [0.5, 0.6) is 23.3 Å². The third kappa shape index (κ3) is 13.0. The Morgan fingerprint density at radius 1 is 0.597 bits per heavy atom. The fraction of sp³-hybridized carbons (Fsp3) is 0.326. The van der Waals surface area contributed by atoms with Gasteiger partial charge in [-0.3, -0.25) is 14.4 Å². The number of ether oxygens (including phenoxy) is 2. The van der Waals surface area contributed by atoms with Gasteiger partial charge in [-0.05, 0) is 88.1 Å². The summed E-state index contributed by atoms with van der Waals surface area (Å²) in [5, 5.41) is 2.61. The van der Waals surface area contributed by atoms with E-state index in [4.69, 9.17) is 15.2 Å². The van der Waals surface area contributed by atoms with Crippen molar-refractivity contribution in [3.63, 3.8) is 0 Å². The van der Waals surface area contributed by atoms with Gasteiger partial charge < -0.3 is 20.5 Å². The number of nitrogen functional groups attached to an aromatic ring is 1. The van der Waals surface area contributed by atoms with E-state index in [1.165, 1.54) is 19.1 Å². The number of rotatable bonds is 11. The summed E-state index contributed by atoms with van der Waals surface area (Å²) in [5.74, 6) is -0.991. The number of nitrogens with zero attached hydrogens (tertiary/aromatic N) is 4. The molecule has 0 atom stereocenters. The highest BCUT2D eigenvalue weighted by Gasteiger charge is 2.29. The predicted molar refractivity (Wildman–Crippen MR) is 260 cm³/mol. The van der Waals surface area contributed by atoms with Crippen LogP contribution < -0.4 is 30.0 Å². The lowest BCUT2D eigenvalue weighted by molar-refractivity contribution is -0.114. The van der Waals surface area contributed by atoms with Crippen molar-refractivity contribution in [1.82, 2.24) is 29.4 Å². The first kappa shape index (κ1) is 51.7. The summed E-state index contributed by atoms with van der Waals surface area (Å²) in [7, 11) is -8.39. The normalized spacial score (nSPS) is 11.8. The van der Waals surface area contributed by atoms with Crippen molar-refractivity contribution >= 4 is 70.7 Å². The van der Waals surface area contributed by atoms with Crippen LogP contribution in [0.15, 0.2) is 69.3 Å².